The van der Waals surface area contributed by atoms with Gasteiger partial charge in [0, 0.05) is 28.1 Å². The lowest BCUT2D eigenvalue weighted by molar-refractivity contribution is 0.0985. The molecule has 1 amide bonds. The van der Waals surface area contributed by atoms with E-state index < -0.39 is 0 Å². The summed E-state index contributed by atoms with van der Waals surface area (Å²) in [5, 5.41) is 0.927. The van der Waals surface area contributed by atoms with Crippen LogP contribution in [0.3, 0.4) is 0 Å². The molecule has 0 fully saturated rings. The van der Waals surface area contributed by atoms with Crippen molar-refractivity contribution in [3.63, 3.8) is 0 Å². The maximum atomic E-state index is 14.2. The van der Waals surface area contributed by atoms with E-state index in [1.54, 1.807) is 35.1 Å². The lowest BCUT2D eigenvalue weighted by Crippen LogP contribution is -2.30. The van der Waals surface area contributed by atoms with Gasteiger partial charge in [0.05, 0.1) is 11.2 Å². The summed E-state index contributed by atoms with van der Waals surface area (Å²) in [6, 6.07) is 16.1. The Kier molecular flexibility index (Phi) is 6.11. The Bertz CT molecular complexity index is 1160. The molecule has 0 aliphatic rings. The van der Waals surface area contributed by atoms with Crippen molar-refractivity contribution in [1.29, 1.82) is 0 Å². The van der Waals surface area contributed by atoms with Gasteiger partial charge in [0.2, 0.25) is 0 Å². The lowest BCUT2D eigenvalue weighted by Gasteiger charge is -2.20. The minimum atomic E-state index is -0.390. The van der Waals surface area contributed by atoms with Gasteiger partial charge in [-0.2, -0.15) is 0 Å². The van der Waals surface area contributed by atoms with Crippen LogP contribution in [0, 0.1) is 5.82 Å². The van der Waals surface area contributed by atoms with Crippen molar-refractivity contribution < 1.29 is 9.18 Å². The Hall–Kier alpha value is -2.77. The minimum Gasteiger partial charge on any atom is -0.279 e. The number of thiazole rings is 1. The zero-order chi connectivity index (χ0) is 21.1. The third-order valence-corrected chi connectivity index (χ3v) is 6.43. The molecule has 0 N–H and O–H groups in total. The molecule has 4 aromatic rings. The van der Waals surface area contributed by atoms with Crippen LogP contribution in [0.5, 0.6) is 0 Å². The molecule has 4 nitrogen and oxygen atoms in total. The summed E-state index contributed by atoms with van der Waals surface area (Å²) in [5.74, 6) is -0.571. The number of thioether (sulfide) groups is 1. The maximum absolute atomic E-state index is 14.2. The molecule has 0 saturated carbocycles. The van der Waals surface area contributed by atoms with Gasteiger partial charge < -0.3 is 0 Å². The number of para-hydroxylation sites is 1. The average Bonchev–Trinajstić information content (AvgIpc) is 3.18. The Morgan fingerprint density at radius 2 is 1.93 bits per heavy atom. The number of hydrogen-bond acceptors (Lipinski definition) is 5. The summed E-state index contributed by atoms with van der Waals surface area (Å²) >= 11 is 3.05. The third-order valence-electron chi connectivity index (χ3n) is 4.37. The molecule has 0 aliphatic heterocycles. The van der Waals surface area contributed by atoms with Crippen LogP contribution in [0.15, 0.2) is 71.9 Å². The highest BCUT2D eigenvalue weighted by Crippen LogP contribution is 2.32. The average molecular weight is 438 g/mol. The zero-order valence-electron chi connectivity index (χ0n) is 16.6. The van der Waals surface area contributed by atoms with Crippen molar-refractivity contribution in [2.45, 2.75) is 30.5 Å². The SMILES string of the molecule is CC(C)Sc1ccc(C(=O)N(Cc2cccnc2)c2nc3c(F)cccc3s2)cc1. The third kappa shape index (κ3) is 4.52. The van der Waals surface area contributed by atoms with Crippen LogP contribution in [0.4, 0.5) is 9.52 Å². The first-order valence-electron chi connectivity index (χ1n) is 9.54. The number of aromatic nitrogens is 2. The van der Waals surface area contributed by atoms with E-state index in [2.05, 4.69) is 23.8 Å². The smallest absolute Gasteiger partial charge is 0.260 e. The first-order chi connectivity index (χ1) is 14.5. The second kappa shape index (κ2) is 8.93. The monoisotopic (exact) mass is 437 g/mol. The van der Waals surface area contributed by atoms with E-state index in [1.165, 1.54) is 17.4 Å². The molecule has 30 heavy (non-hydrogen) atoms. The molecule has 2 aromatic carbocycles. The van der Waals surface area contributed by atoms with E-state index in [-0.39, 0.29) is 17.2 Å². The van der Waals surface area contributed by atoms with Crippen molar-refractivity contribution in [2.75, 3.05) is 4.90 Å². The molecule has 0 spiro atoms. The van der Waals surface area contributed by atoms with E-state index in [0.29, 0.717) is 27.2 Å². The first-order valence-corrected chi connectivity index (χ1v) is 11.2. The molecule has 2 heterocycles. The highest BCUT2D eigenvalue weighted by atomic mass is 32.2. The zero-order valence-corrected chi connectivity index (χ0v) is 18.2. The number of halogens is 1. The summed E-state index contributed by atoms with van der Waals surface area (Å²) in [6.45, 7) is 4.56. The van der Waals surface area contributed by atoms with Crippen LogP contribution >= 0.6 is 23.1 Å². The predicted molar refractivity (Wildman–Crippen MR) is 122 cm³/mol. The van der Waals surface area contributed by atoms with Crippen LogP contribution in [-0.4, -0.2) is 21.1 Å². The van der Waals surface area contributed by atoms with Crippen LogP contribution in [-0.2, 0) is 6.54 Å². The van der Waals surface area contributed by atoms with Crippen molar-refractivity contribution >= 4 is 44.4 Å². The van der Waals surface area contributed by atoms with Crippen LogP contribution < -0.4 is 4.90 Å². The van der Waals surface area contributed by atoms with Gasteiger partial charge in [-0.05, 0) is 48.0 Å². The molecule has 7 heteroatoms. The number of carbonyl (C=O) groups excluding carboxylic acids is 1. The summed E-state index contributed by atoms with van der Waals surface area (Å²) in [5.41, 5.74) is 1.72. The van der Waals surface area contributed by atoms with Gasteiger partial charge in [0.1, 0.15) is 11.3 Å². The van der Waals surface area contributed by atoms with Gasteiger partial charge in [-0.25, -0.2) is 9.37 Å². The van der Waals surface area contributed by atoms with E-state index >= 15 is 0 Å². The number of rotatable bonds is 6. The number of pyridine rings is 1. The molecular weight excluding hydrogens is 417 g/mol. The second-order valence-corrected chi connectivity index (χ2v) is 9.69. The van der Waals surface area contributed by atoms with Gasteiger partial charge in [-0.15, -0.1) is 11.8 Å². The van der Waals surface area contributed by atoms with Crippen molar-refractivity contribution in [3.05, 3.63) is 83.9 Å². The number of anilines is 1. The molecule has 0 unspecified atom stereocenters. The fourth-order valence-corrected chi connectivity index (χ4v) is 4.84. The fraction of sp³-hybridized carbons (Fsp3) is 0.174. The number of hydrogen-bond donors (Lipinski definition) is 0. The molecule has 0 radical (unpaired) electrons. The maximum Gasteiger partial charge on any atom is 0.260 e. The van der Waals surface area contributed by atoms with E-state index in [9.17, 15) is 9.18 Å². The van der Waals surface area contributed by atoms with Gasteiger partial charge in [0.15, 0.2) is 5.13 Å². The summed E-state index contributed by atoms with van der Waals surface area (Å²) < 4.78 is 14.9. The number of fused-ring (bicyclic) bond motifs is 1. The molecule has 2 aromatic heterocycles. The number of amides is 1. The molecule has 4 rings (SSSR count). The van der Waals surface area contributed by atoms with E-state index in [0.717, 1.165) is 10.5 Å². The number of nitrogens with zero attached hydrogens (tertiary/aromatic N) is 3. The van der Waals surface area contributed by atoms with Crippen LogP contribution in [0.25, 0.3) is 10.2 Å². The predicted octanol–water partition coefficient (Wildman–Crippen LogP) is 6.18. The highest BCUT2D eigenvalue weighted by molar-refractivity contribution is 7.99. The van der Waals surface area contributed by atoms with Crippen molar-refractivity contribution in [1.82, 2.24) is 9.97 Å². The largest absolute Gasteiger partial charge is 0.279 e. The molecule has 0 aliphatic carbocycles. The molecular formula is C23H20FN3OS2. The van der Waals surface area contributed by atoms with Crippen molar-refractivity contribution in [3.8, 4) is 0 Å². The summed E-state index contributed by atoms with van der Waals surface area (Å²) in [4.78, 5) is 24.7. The Morgan fingerprint density at radius 3 is 2.60 bits per heavy atom. The summed E-state index contributed by atoms with van der Waals surface area (Å²) in [7, 11) is 0. The van der Waals surface area contributed by atoms with E-state index in [4.69, 9.17) is 0 Å². The molecule has 0 bridgehead atoms. The number of benzene rings is 2. The standard InChI is InChI=1S/C23H20FN3OS2/c1-15(2)29-18-10-8-17(9-11-18)22(28)27(14-16-5-4-12-25-13-16)23-26-21-19(24)6-3-7-20(21)30-23/h3-13,15H,14H2,1-2H3. The van der Waals surface area contributed by atoms with Crippen LogP contribution in [0.2, 0.25) is 0 Å². The number of carbonyl (C=O) groups is 1. The van der Waals surface area contributed by atoms with E-state index in [1.807, 2.05) is 42.5 Å². The summed E-state index contributed by atoms with van der Waals surface area (Å²) in [6.07, 6.45) is 3.41. The van der Waals surface area contributed by atoms with Crippen LogP contribution in [0.1, 0.15) is 29.8 Å². The Balaban J connectivity index is 1.70. The van der Waals surface area contributed by atoms with Gasteiger partial charge in [-0.3, -0.25) is 14.7 Å². The highest BCUT2D eigenvalue weighted by Gasteiger charge is 2.22. The normalized spacial score (nSPS) is 11.2. The Labute approximate surface area is 182 Å². The van der Waals surface area contributed by atoms with Crippen molar-refractivity contribution in [2.24, 2.45) is 0 Å². The quantitative estimate of drug-likeness (QED) is 0.338. The molecule has 0 saturated heterocycles. The topological polar surface area (TPSA) is 46.1 Å². The Morgan fingerprint density at radius 1 is 1.13 bits per heavy atom. The van der Waals surface area contributed by atoms with Gasteiger partial charge >= 0.3 is 0 Å². The lowest BCUT2D eigenvalue weighted by atomic mass is 10.2. The second-order valence-electron chi connectivity index (χ2n) is 7.03. The van der Waals surface area contributed by atoms with Gasteiger partial charge in [-0.1, -0.05) is 37.3 Å². The molecule has 0 atom stereocenters. The first kappa shape index (κ1) is 20.5. The molecule has 152 valence electrons. The fourth-order valence-electron chi connectivity index (χ4n) is 3.02. The minimum absolute atomic E-state index is 0.181. The van der Waals surface area contributed by atoms with Gasteiger partial charge in [0.25, 0.3) is 5.91 Å².